The number of nitrogens with zero attached hydrogens (tertiary/aromatic N) is 1. The lowest BCUT2D eigenvalue weighted by Crippen LogP contribution is -2.23. The molecule has 1 aromatic heterocycles. The van der Waals surface area contributed by atoms with Gasteiger partial charge in [0.25, 0.3) is 0 Å². The summed E-state index contributed by atoms with van der Waals surface area (Å²) in [6.07, 6.45) is 2.09. The molecule has 7 heteroatoms. The summed E-state index contributed by atoms with van der Waals surface area (Å²) in [6.45, 7) is 0.321. The first-order valence-corrected chi connectivity index (χ1v) is 8.90. The zero-order chi connectivity index (χ0) is 18.8. The van der Waals surface area contributed by atoms with Crippen molar-refractivity contribution in [3.8, 4) is 11.5 Å². The van der Waals surface area contributed by atoms with Gasteiger partial charge in [0.1, 0.15) is 12.4 Å². The zero-order valence-corrected chi connectivity index (χ0v) is 15.4. The van der Waals surface area contributed by atoms with Gasteiger partial charge in [-0.1, -0.05) is 35.9 Å². The quantitative estimate of drug-likeness (QED) is 0.694. The van der Waals surface area contributed by atoms with Gasteiger partial charge in [0.05, 0.1) is 13.3 Å². The molecule has 1 aliphatic heterocycles. The SMILES string of the molecule is COc1ccc(C2CC(=O)Nc3[nH]ncc32)cc1OCc1ccccc1Cl. The first-order valence-electron chi connectivity index (χ1n) is 8.53. The number of hydrogen-bond donors (Lipinski definition) is 2. The molecule has 2 N–H and O–H groups in total. The largest absolute Gasteiger partial charge is 0.493 e. The molecule has 1 atom stereocenters. The molecule has 138 valence electrons. The number of aromatic nitrogens is 2. The van der Waals surface area contributed by atoms with Gasteiger partial charge >= 0.3 is 0 Å². The summed E-state index contributed by atoms with van der Waals surface area (Å²) in [7, 11) is 1.60. The van der Waals surface area contributed by atoms with Crippen molar-refractivity contribution in [3.05, 3.63) is 70.4 Å². The van der Waals surface area contributed by atoms with Crippen molar-refractivity contribution < 1.29 is 14.3 Å². The Morgan fingerprint density at radius 3 is 2.89 bits per heavy atom. The van der Waals surface area contributed by atoms with Gasteiger partial charge in [-0.25, -0.2) is 0 Å². The van der Waals surface area contributed by atoms with Crippen LogP contribution in [0.15, 0.2) is 48.7 Å². The van der Waals surface area contributed by atoms with Crippen LogP contribution in [0.5, 0.6) is 11.5 Å². The molecule has 0 aliphatic carbocycles. The van der Waals surface area contributed by atoms with Crippen LogP contribution in [-0.4, -0.2) is 23.2 Å². The summed E-state index contributed by atoms with van der Waals surface area (Å²) < 4.78 is 11.4. The van der Waals surface area contributed by atoms with Crippen LogP contribution in [0.1, 0.15) is 29.0 Å². The molecule has 4 rings (SSSR count). The fraction of sp³-hybridized carbons (Fsp3) is 0.200. The normalized spacial score (nSPS) is 15.8. The molecule has 6 nitrogen and oxygen atoms in total. The predicted octanol–water partition coefficient (Wildman–Crippen LogP) is 4.12. The van der Waals surface area contributed by atoms with E-state index in [0.717, 1.165) is 16.7 Å². The van der Waals surface area contributed by atoms with Gasteiger partial charge in [0.15, 0.2) is 11.5 Å². The van der Waals surface area contributed by atoms with E-state index in [4.69, 9.17) is 21.1 Å². The average Bonchev–Trinajstić information content (AvgIpc) is 3.15. The molecule has 1 aliphatic rings. The maximum absolute atomic E-state index is 12.0. The van der Waals surface area contributed by atoms with Crippen molar-refractivity contribution in [2.24, 2.45) is 0 Å². The van der Waals surface area contributed by atoms with Gasteiger partial charge in [0.2, 0.25) is 5.91 Å². The molecule has 3 aromatic rings. The first kappa shape index (κ1) is 17.4. The van der Waals surface area contributed by atoms with Crippen molar-refractivity contribution in [2.75, 3.05) is 12.4 Å². The highest BCUT2D eigenvalue weighted by Crippen LogP contribution is 2.39. The summed E-state index contributed by atoms with van der Waals surface area (Å²) in [5, 5.41) is 10.3. The van der Waals surface area contributed by atoms with Crippen LogP contribution in [0.4, 0.5) is 5.82 Å². The molecule has 0 spiro atoms. The van der Waals surface area contributed by atoms with E-state index in [1.54, 1.807) is 13.3 Å². The van der Waals surface area contributed by atoms with Crippen LogP contribution in [0.3, 0.4) is 0 Å². The first-order chi connectivity index (χ1) is 13.2. The Kier molecular flexibility index (Phi) is 4.73. The van der Waals surface area contributed by atoms with Crippen LogP contribution >= 0.6 is 11.6 Å². The van der Waals surface area contributed by atoms with E-state index in [2.05, 4.69) is 15.5 Å². The predicted molar refractivity (Wildman–Crippen MR) is 102 cm³/mol. The second-order valence-corrected chi connectivity index (χ2v) is 6.70. The van der Waals surface area contributed by atoms with Gasteiger partial charge in [0, 0.05) is 28.5 Å². The van der Waals surface area contributed by atoms with Crippen molar-refractivity contribution in [3.63, 3.8) is 0 Å². The molecule has 0 bridgehead atoms. The summed E-state index contributed by atoms with van der Waals surface area (Å²) in [4.78, 5) is 12.0. The van der Waals surface area contributed by atoms with E-state index in [0.29, 0.717) is 35.4 Å². The molecular formula is C20H18ClN3O3. The number of nitrogens with one attached hydrogen (secondary N) is 2. The number of benzene rings is 2. The number of H-pyrrole nitrogens is 1. The van der Waals surface area contributed by atoms with Crippen LogP contribution < -0.4 is 14.8 Å². The third kappa shape index (κ3) is 3.48. The monoisotopic (exact) mass is 383 g/mol. The number of carbonyl (C=O) groups is 1. The number of aromatic amines is 1. The summed E-state index contributed by atoms with van der Waals surface area (Å²) in [5.74, 6) is 1.72. The molecule has 2 aromatic carbocycles. The Labute approximate surface area is 161 Å². The van der Waals surface area contributed by atoms with E-state index in [1.165, 1.54) is 0 Å². The number of halogens is 1. The summed E-state index contributed by atoms with van der Waals surface area (Å²) in [5.41, 5.74) is 2.81. The van der Waals surface area contributed by atoms with Crippen LogP contribution in [0.2, 0.25) is 5.02 Å². The van der Waals surface area contributed by atoms with E-state index in [1.807, 2.05) is 42.5 Å². The van der Waals surface area contributed by atoms with Crippen molar-refractivity contribution >= 4 is 23.3 Å². The number of carbonyl (C=O) groups excluding carboxylic acids is 1. The third-order valence-corrected chi connectivity index (χ3v) is 5.00. The minimum absolute atomic E-state index is 0.0499. The third-order valence-electron chi connectivity index (χ3n) is 4.63. The topological polar surface area (TPSA) is 76.2 Å². The number of amides is 1. The van der Waals surface area contributed by atoms with Crippen LogP contribution in [-0.2, 0) is 11.4 Å². The van der Waals surface area contributed by atoms with Crippen molar-refractivity contribution in [2.45, 2.75) is 18.9 Å². The van der Waals surface area contributed by atoms with Gasteiger partial charge in [-0.3, -0.25) is 9.89 Å². The Balaban J connectivity index is 1.64. The molecule has 1 unspecified atom stereocenters. The molecule has 2 heterocycles. The second-order valence-electron chi connectivity index (χ2n) is 6.30. The van der Waals surface area contributed by atoms with Gasteiger partial charge in [-0.05, 0) is 23.8 Å². The number of hydrogen-bond acceptors (Lipinski definition) is 4. The number of fused-ring (bicyclic) bond motifs is 1. The highest BCUT2D eigenvalue weighted by atomic mass is 35.5. The number of rotatable bonds is 5. The minimum Gasteiger partial charge on any atom is -0.493 e. The molecule has 27 heavy (non-hydrogen) atoms. The standard InChI is InChI=1S/C20H18ClN3O3/c1-26-17-7-6-12(14-9-19(25)23-20-15(14)10-22-24-20)8-18(17)27-11-13-4-2-3-5-16(13)21/h2-8,10,14H,9,11H2,1H3,(H2,22,23,24,25). The van der Waals surface area contributed by atoms with E-state index in [9.17, 15) is 4.79 Å². The summed E-state index contributed by atoms with van der Waals surface area (Å²) >= 11 is 6.21. The lowest BCUT2D eigenvalue weighted by molar-refractivity contribution is -0.116. The molecular weight excluding hydrogens is 366 g/mol. The lowest BCUT2D eigenvalue weighted by Gasteiger charge is -2.23. The zero-order valence-electron chi connectivity index (χ0n) is 14.7. The van der Waals surface area contributed by atoms with Gasteiger partial charge < -0.3 is 14.8 Å². The molecule has 1 amide bonds. The average molecular weight is 384 g/mol. The molecule has 0 saturated carbocycles. The lowest BCUT2D eigenvalue weighted by atomic mass is 9.87. The van der Waals surface area contributed by atoms with Gasteiger partial charge in [-0.15, -0.1) is 0 Å². The van der Waals surface area contributed by atoms with E-state index in [-0.39, 0.29) is 11.8 Å². The van der Waals surface area contributed by atoms with Crippen molar-refractivity contribution in [1.29, 1.82) is 0 Å². The summed E-state index contributed by atoms with van der Waals surface area (Å²) in [6, 6.07) is 13.3. The number of anilines is 1. The fourth-order valence-electron chi connectivity index (χ4n) is 3.24. The van der Waals surface area contributed by atoms with Gasteiger partial charge in [-0.2, -0.15) is 5.10 Å². The fourth-order valence-corrected chi connectivity index (χ4v) is 3.43. The van der Waals surface area contributed by atoms with Crippen LogP contribution in [0, 0.1) is 0 Å². The maximum Gasteiger partial charge on any atom is 0.226 e. The van der Waals surface area contributed by atoms with Crippen molar-refractivity contribution in [1.82, 2.24) is 10.2 Å². The highest BCUT2D eigenvalue weighted by molar-refractivity contribution is 6.31. The van der Waals surface area contributed by atoms with Crippen LogP contribution in [0.25, 0.3) is 0 Å². The Morgan fingerprint density at radius 2 is 2.07 bits per heavy atom. The Morgan fingerprint density at radius 1 is 1.22 bits per heavy atom. The smallest absolute Gasteiger partial charge is 0.226 e. The van der Waals surface area contributed by atoms with E-state index >= 15 is 0 Å². The molecule has 0 fully saturated rings. The highest BCUT2D eigenvalue weighted by Gasteiger charge is 2.28. The molecule has 0 radical (unpaired) electrons. The number of ether oxygens (including phenoxy) is 2. The minimum atomic E-state index is -0.0962. The Hall–Kier alpha value is -2.99. The number of methoxy groups -OCH3 is 1. The maximum atomic E-state index is 12.0. The van der Waals surface area contributed by atoms with E-state index < -0.39 is 0 Å². The Bertz CT molecular complexity index is 986. The molecule has 0 saturated heterocycles. The second kappa shape index (κ2) is 7.32.